The van der Waals surface area contributed by atoms with E-state index in [2.05, 4.69) is 0 Å². The second-order valence-corrected chi connectivity index (χ2v) is 9.10. The molecule has 156 valence electrons. The van der Waals surface area contributed by atoms with Gasteiger partial charge in [0.1, 0.15) is 11.6 Å². The van der Waals surface area contributed by atoms with Gasteiger partial charge in [-0.2, -0.15) is 0 Å². The van der Waals surface area contributed by atoms with Crippen molar-refractivity contribution in [2.75, 3.05) is 6.26 Å². The molecular weight excluding hydrogens is 423 g/mol. The maximum atomic E-state index is 14.3. The molecule has 1 heterocycles. The average Bonchev–Trinajstić information content (AvgIpc) is 2.68. The van der Waals surface area contributed by atoms with Crippen LogP contribution >= 0.6 is 0 Å². The van der Waals surface area contributed by atoms with Crippen LogP contribution in [-0.2, 0) is 16.3 Å². The summed E-state index contributed by atoms with van der Waals surface area (Å²) in [4.78, 5) is 11.1. The Labute approximate surface area is 169 Å². The summed E-state index contributed by atoms with van der Waals surface area (Å²) in [6.45, 7) is 0. The van der Waals surface area contributed by atoms with Crippen molar-refractivity contribution in [2.24, 2.45) is 0 Å². The van der Waals surface area contributed by atoms with E-state index < -0.39 is 49.9 Å². The number of rotatable bonds is 3. The Morgan fingerprint density at radius 2 is 1.73 bits per heavy atom. The molecule has 0 amide bonds. The molecule has 3 aromatic rings. The molecule has 0 bridgehead atoms. The number of hydrogen-bond donors (Lipinski definition) is 0. The number of sulfone groups is 1. The average molecular weight is 437 g/mol. The first-order valence-corrected chi connectivity index (χ1v) is 10.7. The minimum atomic E-state index is -3.44. The summed E-state index contributed by atoms with van der Waals surface area (Å²) in [5.74, 6) is -3.66. The second kappa shape index (κ2) is 6.98. The van der Waals surface area contributed by atoms with Gasteiger partial charge in [-0.25, -0.2) is 21.6 Å². The lowest BCUT2D eigenvalue weighted by Crippen LogP contribution is -2.37. The van der Waals surface area contributed by atoms with E-state index in [9.17, 15) is 31.7 Å². The molecular formula is C20H14F3NO5S. The van der Waals surface area contributed by atoms with E-state index in [0.717, 1.165) is 6.26 Å². The van der Waals surface area contributed by atoms with Crippen LogP contribution in [0.25, 0.3) is 10.8 Å². The summed E-state index contributed by atoms with van der Waals surface area (Å²) in [6.07, 6.45) is -0.559. The highest BCUT2D eigenvalue weighted by molar-refractivity contribution is 7.90. The zero-order valence-corrected chi connectivity index (χ0v) is 16.3. The first-order valence-electron chi connectivity index (χ1n) is 8.76. The van der Waals surface area contributed by atoms with Crippen molar-refractivity contribution < 1.29 is 31.2 Å². The molecule has 0 radical (unpaired) electrons. The molecule has 4 rings (SSSR count). The van der Waals surface area contributed by atoms with Gasteiger partial charge in [0.25, 0.3) is 6.04 Å². The van der Waals surface area contributed by atoms with Gasteiger partial charge in [-0.05, 0) is 35.0 Å². The minimum absolute atomic E-state index is 0.0965. The smallest absolute Gasteiger partial charge is 0.257 e. The summed E-state index contributed by atoms with van der Waals surface area (Å²) in [7, 11) is -3.44. The fraction of sp³-hybridized carbons (Fsp3) is 0.200. The first kappa shape index (κ1) is 20.1. The van der Waals surface area contributed by atoms with E-state index in [1.807, 2.05) is 0 Å². The number of ether oxygens (including phenoxy) is 1. The molecule has 0 spiro atoms. The summed E-state index contributed by atoms with van der Waals surface area (Å²) in [5, 5.41) is 12.8. The lowest BCUT2D eigenvalue weighted by atomic mass is 9.90. The van der Waals surface area contributed by atoms with Gasteiger partial charge < -0.3 is 4.74 Å². The van der Waals surface area contributed by atoms with E-state index in [-0.39, 0.29) is 17.1 Å². The van der Waals surface area contributed by atoms with Crippen LogP contribution in [0, 0.1) is 27.6 Å². The van der Waals surface area contributed by atoms with Crippen molar-refractivity contribution in [3.05, 3.63) is 81.2 Å². The van der Waals surface area contributed by atoms with Crippen molar-refractivity contribution in [3.8, 4) is 5.75 Å². The number of fused-ring (bicyclic) bond motifs is 3. The van der Waals surface area contributed by atoms with Crippen LogP contribution in [0.3, 0.4) is 0 Å². The van der Waals surface area contributed by atoms with Gasteiger partial charge in [0.2, 0.25) is 0 Å². The van der Waals surface area contributed by atoms with Crippen molar-refractivity contribution in [1.29, 1.82) is 0 Å². The molecule has 0 saturated heterocycles. The zero-order chi connectivity index (χ0) is 21.8. The number of hydrogen-bond acceptors (Lipinski definition) is 5. The van der Waals surface area contributed by atoms with Crippen LogP contribution in [0.4, 0.5) is 13.2 Å². The van der Waals surface area contributed by atoms with Crippen LogP contribution in [0.5, 0.6) is 5.75 Å². The predicted octanol–water partition coefficient (Wildman–Crippen LogP) is 3.98. The third kappa shape index (κ3) is 3.36. The number of halogens is 3. The highest BCUT2D eigenvalue weighted by Gasteiger charge is 2.42. The van der Waals surface area contributed by atoms with Gasteiger partial charge in [0, 0.05) is 34.8 Å². The van der Waals surface area contributed by atoms with E-state index in [1.54, 1.807) is 6.07 Å². The van der Waals surface area contributed by atoms with Gasteiger partial charge in [0.15, 0.2) is 27.6 Å². The van der Waals surface area contributed by atoms with Gasteiger partial charge in [-0.15, -0.1) is 0 Å². The molecule has 0 aliphatic carbocycles. The van der Waals surface area contributed by atoms with E-state index in [4.69, 9.17) is 4.74 Å². The standard InChI is InChI=1S/C20H14F3NO5S/c1-30(27,28)11-3-4-12-10(6-11)2-5-19-13(12)8-18(24(25)26)20(29-19)14-7-16(22)17(23)9-15(14)21/h2-7,9,18,20H,8H2,1H3. The lowest BCUT2D eigenvalue weighted by Gasteiger charge is -2.30. The lowest BCUT2D eigenvalue weighted by molar-refractivity contribution is -0.535. The molecule has 0 saturated carbocycles. The maximum absolute atomic E-state index is 14.3. The number of nitro groups is 1. The minimum Gasteiger partial charge on any atom is -0.478 e. The second-order valence-electron chi connectivity index (χ2n) is 7.08. The van der Waals surface area contributed by atoms with Crippen LogP contribution in [-0.4, -0.2) is 25.6 Å². The Bertz CT molecular complexity index is 1310. The Morgan fingerprint density at radius 1 is 1.03 bits per heavy atom. The Morgan fingerprint density at radius 3 is 2.40 bits per heavy atom. The van der Waals surface area contributed by atoms with Crippen molar-refractivity contribution >= 4 is 20.6 Å². The molecule has 0 aromatic heterocycles. The zero-order valence-electron chi connectivity index (χ0n) is 15.4. The molecule has 3 aromatic carbocycles. The van der Waals surface area contributed by atoms with Crippen molar-refractivity contribution in [1.82, 2.24) is 0 Å². The Hall–Kier alpha value is -3.14. The van der Waals surface area contributed by atoms with Crippen LogP contribution < -0.4 is 4.74 Å². The number of nitrogens with zero attached hydrogens (tertiary/aromatic N) is 1. The Kier molecular flexibility index (Phi) is 4.69. The molecule has 6 nitrogen and oxygen atoms in total. The van der Waals surface area contributed by atoms with Crippen LogP contribution in [0.1, 0.15) is 17.2 Å². The molecule has 2 unspecified atom stereocenters. The summed E-state index contributed by atoms with van der Waals surface area (Å²) in [5.41, 5.74) is 0.00210. The summed E-state index contributed by atoms with van der Waals surface area (Å²) in [6, 6.07) is 6.87. The third-order valence-electron chi connectivity index (χ3n) is 5.12. The van der Waals surface area contributed by atoms with Crippen LogP contribution in [0.2, 0.25) is 0 Å². The van der Waals surface area contributed by atoms with Gasteiger partial charge in [-0.1, -0.05) is 12.1 Å². The molecule has 30 heavy (non-hydrogen) atoms. The molecule has 0 fully saturated rings. The fourth-order valence-electron chi connectivity index (χ4n) is 3.65. The highest BCUT2D eigenvalue weighted by Crippen LogP contribution is 2.41. The molecule has 2 atom stereocenters. The van der Waals surface area contributed by atoms with Gasteiger partial charge >= 0.3 is 0 Å². The van der Waals surface area contributed by atoms with E-state index in [0.29, 0.717) is 28.5 Å². The van der Waals surface area contributed by atoms with Gasteiger partial charge in [-0.3, -0.25) is 10.1 Å². The van der Waals surface area contributed by atoms with Crippen LogP contribution in [0.15, 0.2) is 47.4 Å². The maximum Gasteiger partial charge on any atom is 0.257 e. The van der Waals surface area contributed by atoms with Crippen molar-refractivity contribution in [3.63, 3.8) is 0 Å². The largest absolute Gasteiger partial charge is 0.478 e. The highest BCUT2D eigenvalue weighted by atomic mass is 32.2. The van der Waals surface area contributed by atoms with Gasteiger partial charge in [0.05, 0.1) is 4.90 Å². The van der Waals surface area contributed by atoms with Crippen molar-refractivity contribution in [2.45, 2.75) is 23.5 Å². The molecule has 0 N–H and O–H groups in total. The Balaban J connectivity index is 1.85. The molecule has 1 aliphatic heterocycles. The molecule has 10 heteroatoms. The normalized spacial score (nSPS) is 18.7. The SMILES string of the molecule is CS(=O)(=O)c1ccc2c3c(ccc2c1)OC(c1cc(F)c(F)cc1F)C([N+](=O)[O-])C3. The third-order valence-corrected chi connectivity index (χ3v) is 6.23. The quantitative estimate of drug-likeness (QED) is 0.351. The van der Waals surface area contributed by atoms with E-state index in [1.165, 1.54) is 24.3 Å². The first-order chi connectivity index (χ1) is 14.1. The number of benzene rings is 3. The fourth-order valence-corrected chi connectivity index (χ4v) is 4.30. The van der Waals surface area contributed by atoms with E-state index >= 15 is 0 Å². The summed E-state index contributed by atoms with van der Waals surface area (Å²) >= 11 is 0. The topological polar surface area (TPSA) is 86.5 Å². The monoisotopic (exact) mass is 437 g/mol. The summed E-state index contributed by atoms with van der Waals surface area (Å²) < 4.78 is 70.5. The predicted molar refractivity (Wildman–Crippen MR) is 101 cm³/mol. The molecule has 1 aliphatic rings.